The van der Waals surface area contributed by atoms with Crippen LogP contribution in [-0.2, 0) is 25.3 Å². The Morgan fingerprint density at radius 2 is 1.86 bits per heavy atom. The van der Waals surface area contributed by atoms with Crippen molar-refractivity contribution in [2.24, 2.45) is 5.92 Å². The van der Waals surface area contributed by atoms with Gasteiger partial charge >= 0.3 is 0 Å². The van der Waals surface area contributed by atoms with E-state index in [-0.39, 0.29) is 0 Å². The van der Waals surface area contributed by atoms with Gasteiger partial charge in [0, 0.05) is 12.3 Å². The topological polar surface area (TPSA) is 63.7 Å². The Morgan fingerprint density at radius 3 is 2.55 bits per heavy atom. The molecule has 29 heavy (non-hydrogen) atoms. The quantitative estimate of drug-likeness (QED) is 0.455. The summed E-state index contributed by atoms with van der Waals surface area (Å²) in [6.07, 6.45) is 1.01. The molecular weight excluding hydrogens is 380 g/mol. The van der Waals surface area contributed by atoms with Gasteiger partial charge in [-0.05, 0) is 41.7 Å². The first-order valence-corrected chi connectivity index (χ1v) is 10.8. The summed E-state index contributed by atoms with van der Waals surface area (Å²) in [6, 6.07) is 18.1. The van der Waals surface area contributed by atoms with Crippen LogP contribution in [0.5, 0.6) is 5.75 Å². The number of benzene rings is 2. The lowest BCUT2D eigenvalue weighted by atomic mass is 10.1. The zero-order valence-corrected chi connectivity index (χ0v) is 17.9. The van der Waals surface area contributed by atoms with E-state index in [2.05, 4.69) is 53.7 Å². The largest absolute Gasteiger partial charge is 0.486 e. The minimum Gasteiger partial charge on any atom is -0.486 e. The zero-order valence-electron chi connectivity index (χ0n) is 17.1. The van der Waals surface area contributed by atoms with E-state index in [1.807, 2.05) is 36.4 Å². The number of aromatic nitrogens is 3. The van der Waals surface area contributed by atoms with Crippen LogP contribution in [0.2, 0.25) is 0 Å². The number of hydrogen-bond donors (Lipinski definition) is 0. The van der Waals surface area contributed by atoms with Crippen molar-refractivity contribution in [3.8, 4) is 11.8 Å². The summed E-state index contributed by atoms with van der Waals surface area (Å²) < 4.78 is 8.08. The van der Waals surface area contributed by atoms with Gasteiger partial charge in [-0.2, -0.15) is 5.26 Å². The highest BCUT2D eigenvalue weighted by atomic mass is 32.2. The Bertz CT molecular complexity index is 973. The van der Waals surface area contributed by atoms with Crippen LogP contribution < -0.4 is 4.74 Å². The number of nitriles is 1. The van der Waals surface area contributed by atoms with Crippen molar-refractivity contribution in [1.29, 1.82) is 5.26 Å². The fourth-order valence-corrected chi connectivity index (χ4v) is 3.92. The molecule has 0 saturated heterocycles. The van der Waals surface area contributed by atoms with Crippen LogP contribution in [0.15, 0.2) is 53.7 Å². The Labute approximate surface area is 176 Å². The molecule has 0 unspecified atom stereocenters. The van der Waals surface area contributed by atoms with Crippen molar-refractivity contribution in [2.45, 2.75) is 51.3 Å². The van der Waals surface area contributed by atoms with Gasteiger partial charge in [-0.15, -0.1) is 10.2 Å². The highest BCUT2D eigenvalue weighted by Gasteiger charge is 2.15. The van der Waals surface area contributed by atoms with Crippen LogP contribution in [0.3, 0.4) is 0 Å². The fourth-order valence-electron chi connectivity index (χ4n) is 2.95. The van der Waals surface area contributed by atoms with E-state index in [4.69, 9.17) is 4.74 Å². The van der Waals surface area contributed by atoms with Crippen LogP contribution in [0.25, 0.3) is 0 Å². The maximum Gasteiger partial charge on any atom is 0.191 e. The highest BCUT2D eigenvalue weighted by Crippen LogP contribution is 2.25. The molecule has 2 aromatic carbocycles. The van der Waals surface area contributed by atoms with Gasteiger partial charge in [-0.1, -0.05) is 62.9 Å². The predicted molar refractivity (Wildman–Crippen MR) is 116 cm³/mol. The summed E-state index contributed by atoms with van der Waals surface area (Å²) in [6.45, 7) is 7.68. The second-order valence-electron chi connectivity index (χ2n) is 7.25. The summed E-state index contributed by atoms with van der Waals surface area (Å²) in [7, 11) is 0. The van der Waals surface area contributed by atoms with E-state index in [9.17, 15) is 5.26 Å². The number of hydrogen-bond acceptors (Lipinski definition) is 5. The molecule has 150 valence electrons. The van der Waals surface area contributed by atoms with E-state index < -0.39 is 0 Å². The number of thioether (sulfide) groups is 1. The molecule has 1 heterocycles. The Kier molecular flexibility index (Phi) is 7.31. The molecule has 0 fully saturated rings. The maximum atomic E-state index is 9.30. The summed E-state index contributed by atoms with van der Waals surface area (Å²) >= 11 is 1.60. The summed E-state index contributed by atoms with van der Waals surface area (Å²) in [5.41, 5.74) is 3.00. The van der Waals surface area contributed by atoms with Crippen LogP contribution in [0.1, 0.15) is 43.3 Å². The number of nitrogens with zero attached hydrogens (tertiary/aromatic N) is 4. The lowest BCUT2D eigenvalue weighted by molar-refractivity contribution is 0.284. The monoisotopic (exact) mass is 406 g/mol. The van der Waals surface area contributed by atoms with Gasteiger partial charge < -0.3 is 9.30 Å². The average molecular weight is 407 g/mol. The summed E-state index contributed by atoms with van der Waals surface area (Å²) in [4.78, 5) is 0. The summed E-state index contributed by atoms with van der Waals surface area (Å²) in [5, 5.41) is 18.9. The van der Waals surface area contributed by atoms with Crippen LogP contribution in [0, 0.1) is 17.2 Å². The molecule has 5 nitrogen and oxygen atoms in total. The second-order valence-corrected chi connectivity index (χ2v) is 8.19. The molecule has 0 spiro atoms. The molecular formula is C23H26N4OS. The van der Waals surface area contributed by atoms with Gasteiger partial charge in [0.05, 0.1) is 11.6 Å². The molecule has 0 radical (unpaired) electrons. The minimum atomic E-state index is 0.376. The van der Waals surface area contributed by atoms with E-state index in [1.165, 1.54) is 5.56 Å². The fraction of sp³-hybridized carbons (Fsp3) is 0.348. The van der Waals surface area contributed by atoms with Crippen molar-refractivity contribution in [3.05, 3.63) is 71.0 Å². The first kappa shape index (κ1) is 20.9. The SMILES string of the molecule is CCc1ccc(OCc2nnc(SCc3ccccc3C#N)n2CC(C)C)cc1. The van der Waals surface area contributed by atoms with Gasteiger partial charge in [0.2, 0.25) is 0 Å². The van der Waals surface area contributed by atoms with Crippen molar-refractivity contribution >= 4 is 11.8 Å². The molecule has 0 amide bonds. The van der Waals surface area contributed by atoms with E-state index >= 15 is 0 Å². The normalized spacial score (nSPS) is 10.9. The first-order valence-electron chi connectivity index (χ1n) is 9.85. The number of rotatable bonds is 9. The Morgan fingerprint density at radius 1 is 1.10 bits per heavy atom. The molecule has 1 aromatic heterocycles. The molecule has 0 aliphatic heterocycles. The minimum absolute atomic E-state index is 0.376. The standard InChI is InChI=1S/C23H26N4OS/c1-4-18-9-11-21(12-10-18)28-15-22-25-26-23(27(22)14-17(2)3)29-16-20-8-6-5-7-19(20)13-24/h5-12,17H,4,14-16H2,1-3H3. The molecule has 0 aliphatic rings. The first-order chi connectivity index (χ1) is 14.1. The number of aryl methyl sites for hydroxylation is 1. The predicted octanol–water partition coefficient (Wildman–Crippen LogP) is 5.24. The Balaban J connectivity index is 1.72. The lowest BCUT2D eigenvalue weighted by Gasteiger charge is -2.13. The van der Waals surface area contributed by atoms with Crippen LogP contribution in [-0.4, -0.2) is 14.8 Å². The van der Waals surface area contributed by atoms with Crippen molar-refractivity contribution in [1.82, 2.24) is 14.8 Å². The molecule has 3 rings (SSSR count). The number of ether oxygens (including phenoxy) is 1. The molecule has 3 aromatic rings. The van der Waals surface area contributed by atoms with Gasteiger partial charge in [0.25, 0.3) is 0 Å². The van der Waals surface area contributed by atoms with E-state index in [1.54, 1.807) is 11.8 Å². The Hall–Kier alpha value is -2.78. The van der Waals surface area contributed by atoms with Crippen molar-refractivity contribution < 1.29 is 4.74 Å². The van der Waals surface area contributed by atoms with Crippen molar-refractivity contribution in [3.63, 3.8) is 0 Å². The van der Waals surface area contributed by atoms with Crippen LogP contribution in [0.4, 0.5) is 0 Å². The van der Waals surface area contributed by atoms with Gasteiger partial charge in [-0.3, -0.25) is 0 Å². The van der Waals surface area contributed by atoms with Crippen molar-refractivity contribution in [2.75, 3.05) is 0 Å². The van der Waals surface area contributed by atoms with Gasteiger partial charge in [-0.25, -0.2) is 0 Å². The molecule has 0 N–H and O–H groups in total. The molecule has 0 atom stereocenters. The van der Waals surface area contributed by atoms with Gasteiger partial charge in [0.1, 0.15) is 12.4 Å². The molecule has 6 heteroatoms. The summed E-state index contributed by atoms with van der Waals surface area (Å²) in [5.74, 6) is 2.78. The average Bonchev–Trinajstić information content (AvgIpc) is 3.12. The third-order valence-corrected chi connectivity index (χ3v) is 5.55. The lowest BCUT2D eigenvalue weighted by Crippen LogP contribution is -2.12. The van der Waals surface area contributed by atoms with Crippen LogP contribution >= 0.6 is 11.8 Å². The highest BCUT2D eigenvalue weighted by molar-refractivity contribution is 7.98. The zero-order chi connectivity index (χ0) is 20.6. The molecule has 0 bridgehead atoms. The third kappa shape index (κ3) is 5.61. The second kappa shape index (κ2) is 10.1. The molecule has 0 saturated carbocycles. The van der Waals surface area contributed by atoms with E-state index in [0.717, 1.165) is 35.3 Å². The van der Waals surface area contributed by atoms with E-state index in [0.29, 0.717) is 23.8 Å². The maximum absolute atomic E-state index is 9.30. The molecule has 0 aliphatic carbocycles. The van der Waals surface area contributed by atoms with Gasteiger partial charge in [0.15, 0.2) is 11.0 Å². The third-order valence-electron chi connectivity index (χ3n) is 4.54. The smallest absolute Gasteiger partial charge is 0.191 e.